The second-order valence-electron chi connectivity index (χ2n) is 10.4. The molecule has 8 heteroatoms. The van der Waals surface area contributed by atoms with Gasteiger partial charge in [-0.05, 0) is 43.2 Å². The minimum atomic E-state index is -1.44. The Kier molecular flexibility index (Phi) is 6.99. The lowest BCUT2D eigenvalue weighted by Crippen LogP contribution is -2.57. The van der Waals surface area contributed by atoms with Crippen LogP contribution in [-0.4, -0.2) is 53.0 Å². The lowest BCUT2D eigenvalue weighted by atomic mass is 9.70. The van der Waals surface area contributed by atoms with Crippen LogP contribution in [0.5, 0.6) is 0 Å². The van der Waals surface area contributed by atoms with E-state index >= 15 is 0 Å². The minimum absolute atomic E-state index is 0.145. The van der Waals surface area contributed by atoms with Crippen LogP contribution in [0.3, 0.4) is 0 Å². The number of halogens is 4. The number of hydrogen-bond acceptors (Lipinski definition) is 3. The Morgan fingerprint density at radius 1 is 0.914 bits per heavy atom. The second-order valence-corrected chi connectivity index (χ2v) is 10.4. The molecule has 0 saturated carbocycles. The van der Waals surface area contributed by atoms with Gasteiger partial charge in [-0.2, -0.15) is 0 Å². The third-order valence-electron chi connectivity index (χ3n) is 7.94. The number of likely N-dealkylation sites (tertiary alicyclic amines) is 2. The second kappa shape index (κ2) is 9.54. The molecule has 1 amide bonds. The summed E-state index contributed by atoms with van der Waals surface area (Å²) in [6, 6.07) is 7.03. The summed E-state index contributed by atoms with van der Waals surface area (Å²) < 4.78 is 55.7. The van der Waals surface area contributed by atoms with E-state index in [2.05, 4.69) is 4.90 Å². The summed E-state index contributed by atoms with van der Waals surface area (Å²) in [6.45, 7) is 8.95. The van der Waals surface area contributed by atoms with E-state index in [4.69, 9.17) is 0 Å². The van der Waals surface area contributed by atoms with Gasteiger partial charge in [-0.1, -0.05) is 26.0 Å². The molecule has 5 atom stereocenters. The average molecular weight is 493 g/mol. The van der Waals surface area contributed by atoms with Gasteiger partial charge in [0.25, 0.3) is 0 Å². The quantitative estimate of drug-likeness (QED) is 0.631. The van der Waals surface area contributed by atoms with Crippen molar-refractivity contribution in [2.75, 3.05) is 26.2 Å². The number of carbonyl (C=O) groups is 1. The van der Waals surface area contributed by atoms with Crippen molar-refractivity contribution in [3.63, 3.8) is 0 Å². The van der Waals surface area contributed by atoms with Gasteiger partial charge < -0.3 is 10.0 Å². The van der Waals surface area contributed by atoms with Gasteiger partial charge in [0.1, 0.15) is 11.6 Å². The fourth-order valence-electron chi connectivity index (χ4n) is 5.85. The first-order valence-corrected chi connectivity index (χ1v) is 12.1. The summed E-state index contributed by atoms with van der Waals surface area (Å²) in [7, 11) is 0. The van der Waals surface area contributed by atoms with Crippen LogP contribution in [0.1, 0.15) is 44.7 Å². The van der Waals surface area contributed by atoms with Gasteiger partial charge in [0, 0.05) is 56.0 Å². The number of benzene rings is 2. The predicted molar refractivity (Wildman–Crippen MR) is 124 cm³/mol. The molecular formula is C27H32F4N2O2. The first-order chi connectivity index (χ1) is 16.4. The number of carbonyl (C=O) groups excluding carboxylic acids is 1. The number of hydrogen-bond donors (Lipinski definition) is 1. The summed E-state index contributed by atoms with van der Waals surface area (Å²) in [5.74, 6) is -5.35. The molecule has 190 valence electrons. The Hall–Kier alpha value is -2.45. The maximum Gasteiger partial charge on any atom is 0.227 e. The van der Waals surface area contributed by atoms with E-state index in [0.29, 0.717) is 18.7 Å². The van der Waals surface area contributed by atoms with E-state index in [0.717, 1.165) is 18.2 Å². The van der Waals surface area contributed by atoms with E-state index in [-0.39, 0.29) is 30.6 Å². The lowest BCUT2D eigenvalue weighted by molar-refractivity contribution is -0.152. The molecule has 0 aromatic heterocycles. The molecule has 2 aromatic rings. The Morgan fingerprint density at radius 3 is 2.14 bits per heavy atom. The van der Waals surface area contributed by atoms with Crippen molar-refractivity contribution in [2.24, 2.45) is 17.8 Å². The van der Waals surface area contributed by atoms with Crippen LogP contribution in [0.15, 0.2) is 36.4 Å². The van der Waals surface area contributed by atoms with Crippen LogP contribution < -0.4 is 0 Å². The van der Waals surface area contributed by atoms with Gasteiger partial charge in [-0.25, -0.2) is 17.6 Å². The van der Waals surface area contributed by atoms with Crippen LogP contribution in [0.25, 0.3) is 0 Å². The highest BCUT2D eigenvalue weighted by Crippen LogP contribution is 2.43. The monoisotopic (exact) mass is 492 g/mol. The fraction of sp³-hybridized carbons (Fsp3) is 0.519. The Morgan fingerprint density at radius 2 is 1.57 bits per heavy atom. The van der Waals surface area contributed by atoms with E-state index < -0.39 is 52.5 Å². The molecule has 0 spiro atoms. The van der Waals surface area contributed by atoms with E-state index in [1.807, 2.05) is 13.8 Å². The number of amides is 1. The van der Waals surface area contributed by atoms with Crippen molar-refractivity contribution in [3.05, 3.63) is 70.8 Å². The molecule has 0 unspecified atom stereocenters. The minimum Gasteiger partial charge on any atom is -0.384 e. The molecule has 2 aromatic carbocycles. The summed E-state index contributed by atoms with van der Waals surface area (Å²) in [6.07, 6.45) is 0. The first-order valence-electron chi connectivity index (χ1n) is 12.1. The van der Waals surface area contributed by atoms with Crippen molar-refractivity contribution in [1.29, 1.82) is 0 Å². The molecular weight excluding hydrogens is 460 g/mol. The molecule has 2 saturated heterocycles. The molecule has 2 heterocycles. The van der Waals surface area contributed by atoms with Gasteiger partial charge in [0.15, 0.2) is 11.6 Å². The zero-order valence-corrected chi connectivity index (χ0v) is 20.4. The largest absolute Gasteiger partial charge is 0.384 e. The number of aliphatic hydroxyl groups is 1. The Labute approximate surface area is 203 Å². The number of rotatable bonds is 4. The predicted octanol–water partition coefficient (Wildman–Crippen LogP) is 4.67. The molecule has 35 heavy (non-hydrogen) atoms. The highest BCUT2D eigenvalue weighted by molar-refractivity contribution is 5.81. The molecule has 0 radical (unpaired) electrons. The third kappa shape index (κ3) is 4.58. The molecule has 0 aliphatic carbocycles. The summed E-state index contributed by atoms with van der Waals surface area (Å²) in [4.78, 5) is 17.6. The summed E-state index contributed by atoms with van der Waals surface area (Å²) in [5, 5.41) is 11.5. The molecule has 2 fully saturated rings. The smallest absolute Gasteiger partial charge is 0.227 e. The van der Waals surface area contributed by atoms with Gasteiger partial charge >= 0.3 is 0 Å². The SMILES string of the molecule is CC(C)N1C[C@@H](C(=O)N2C[C@@H](C)[C@](O)(c3ccc(F)c(F)c3)[C@@H](C)C2)[C@H](c2ccc(F)cc2F)C1. The third-order valence-corrected chi connectivity index (χ3v) is 7.94. The Bertz CT molecular complexity index is 1100. The standard InChI is InChI=1S/C27H32F4N2O2/c1-15(2)32-13-21(20-7-6-19(28)10-24(20)30)22(14-32)26(34)33-11-16(3)27(35,17(4)12-33)18-5-8-23(29)25(31)9-18/h5-10,15-17,21-22,35H,11-14H2,1-4H3/t16-,17+,21-,22+,27-/m0/s1. The zero-order chi connectivity index (χ0) is 25.7. The molecule has 0 bridgehead atoms. The van der Waals surface area contributed by atoms with Crippen molar-refractivity contribution in [1.82, 2.24) is 9.80 Å². The van der Waals surface area contributed by atoms with Gasteiger partial charge in [0.05, 0.1) is 11.5 Å². The van der Waals surface area contributed by atoms with Crippen LogP contribution in [0.4, 0.5) is 17.6 Å². The highest BCUT2D eigenvalue weighted by atomic mass is 19.2. The Balaban J connectivity index is 1.60. The number of nitrogens with zero attached hydrogens (tertiary/aromatic N) is 2. The normalized spacial score (nSPS) is 29.7. The van der Waals surface area contributed by atoms with Crippen LogP contribution >= 0.6 is 0 Å². The van der Waals surface area contributed by atoms with E-state index in [1.54, 1.807) is 18.7 Å². The average Bonchev–Trinajstić information content (AvgIpc) is 3.24. The van der Waals surface area contributed by atoms with E-state index in [1.165, 1.54) is 18.2 Å². The van der Waals surface area contributed by atoms with Crippen molar-refractivity contribution < 1.29 is 27.5 Å². The summed E-state index contributed by atoms with van der Waals surface area (Å²) in [5.41, 5.74) is -0.834. The first kappa shape index (κ1) is 25.6. The topological polar surface area (TPSA) is 43.8 Å². The van der Waals surface area contributed by atoms with Gasteiger partial charge in [-0.15, -0.1) is 0 Å². The van der Waals surface area contributed by atoms with Crippen molar-refractivity contribution >= 4 is 5.91 Å². The molecule has 4 rings (SSSR count). The molecule has 2 aliphatic heterocycles. The molecule has 2 aliphatic rings. The van der Waals surface area contributed by atoms with Gasteiger partial charge in [0.2, 0.25) is 5.91 Å². The highest BCUT2D eigenvalue weighted by Gasteiger charge is 2.49. The summed E-state index contributed by atoms with van der Waals surface area (Å²) >= 11 is 0. The molecule has 4 nitrogen and oxygen atoms in total. The molecule has 1 N–H and O–H groups in total. The van der Waals surface area contributed by atoms with Crippen LogP contribution in [0.2, 0.25) is 0 Å². The lowest BCUT2D eigenvalue weighted by Gasteiger charge is -2.48. The van der Waals surface area contributed by atoms with E-state index in [9.17, 15) is 27.5 Å². The number of piperidine rings is 1. The van der Waals surface area contributed by atoms with Crippen LogP contribution in [-0.2, 0) is 10.4 Å². The maximum absolute atomic E-state index is 14.7. The van der Waals surface area contributed by atoms with Crippen LogP contribution in [0, 0.1) is 41.0 Å². The van der Waals surface area contributed by atoms with Crippen molar-refractivity contribution in [2.45, 2.75) is 45.3 Å². The van der Waals surface area contributed by atoms with Crippen molar-refractivity contribution in [3.8, 4) is 0 Å². The zero-order valence-electron chi connectivity index (χ0n) is 20.4. The van der Waals surface area contributed by atoms with Gasteiger partial charge in [-0.3, -0.25) is 9.69 Å². The fourth-order valence-corrected chi connectivity index (χ4v) is 5.85. The maximum atomic E-state index is 14.7.